The van der Waals surface area contributed by atoms with Crippen molar-refractivity contribution in [2.24, 2.45) is 0 Å². The Labute approximate surface area is 120 Å². The van der Waals surface area contributed by atoms with Gasteiger partial charge in [0.05, 0.1) is 0 Å². The largest absolute Gasteiger partial charge is 0.370 e. The van der Waals surface area contributed by atoms with E-state index < -0.39 is 0 Å². The first-order valence-electron chi connectivity index (χ1n) is 6.53. The van der Waals surface area contributed by atoms with Crippen LogP contribution in [0.1, 0.15) is 22.3 Å². The fraction of sp³-hybridized carbons (Fsp3) is 0.294. The molecule has 0 aliphatic carbocycles. The van der Waals surface area contributed by atoms with E-state index in [1.54, 1.807) is 0 Å². The van der Waals surface area contributed by atoms with Gasteiger partial charge in [-0.25, -0.2) is 0 Å². The molecule has 100 valence electrons. The maximum atomic E-state index is 5.90. The highest BCUT2D eigenvalue weighted by Crippen LogP contribution is 2.21. The third-order valence-corrected chi connectivity index (χ3v) is 3.87. The summed E-state index contributed by atoms with van der Waals surface area (Å²) in [5.41, 5.74) is 6.39. The molecule has 0 N–H and O–H groups in total. The molecule has 0 spiro atoms. The van der Waals surface area contributed by atoms with E-state index in [9.17, 15) is 0 Å². The standard InChI is InChI=1S/C17H20ClN/c1-13-6-4-5-7-16(13)12-19(3)17-9-8-15(11-18)14(2)10-17/h4-10H,11-12H2,1-3H3. The summed E-state index contributed by atoms with van der Waals surface area (Å²) in [6.07, 6.45) is 0. The predicted molar refractivity (Wildman–Crippen MR) is 84.0 cm³/mol. The molecule has 0 unspecified atom stereocenters. The molecule has 0 saturated heterocycles. The van der Waals surface area contributed by atoms with Gasteiger partial charge in [-0.3, -0.25) is 0 Å². The first kappa shape index (κ1) is 14.0. The number of rotatable bonds is 4. The Morgan fingerprint density at radius 1 is 0.947 bits per heavy atom. The van der Waals surface area contributed by atoms with Crippen LogP contribution in [0.2, 0.25) is 0 Å². The van der Waals surface area contributed by atoms with Crippen molar-refractivity contribution < 1.29 is 0 Å². The highest BCUT2D eigenvalue weighted by molar-refractivity contribution is 6.17. The summed E-state index contributed by atoms with van der Waals surface area (Å²) in [4.78, 5) is 2.27. The number of anilines is 1. The summed E-state index contributed by atoms with van der Waals surface area (Å²) in [5.74, 6) is 0.577. The van der Waals surface area contributed by atoms with Crippen LogP contribution in [0.3, 0.4) is 0 Å². The van der Waals surface area contributed by atoms with E-state index in [0.29, 0.717) is 5.88 Å². The molecule has 0 aromatic heterocycles. The lowest BCUT2D eigenvalue weighted by Gasteiger charge is -2.21. The summed E-state index contributed by atoms with van der Waals surface area (Å²) >= 11 is 5.90. The van der Waals surface area contributed by atoms with Crippen LogP contribution < -0.4 is 4.90 Å². The summed E-state index contributed by atoms with van der Waals surface area (Å²) in [6.45, 7) is 5.19. The van der Waals surface area contributed by atoms with E-state index in [4.69, 9.17) is 11.6 Å². The van der Waals surface area contributed by atoms with E-state index in [-0.39, 0.29) is 0 Å². The SMILES string of the molecule is Cc1cc(N(C)Cc2ccccc2C)ccc1CCl. The fourth-order valence-corrected chi connectivity index (χ4v) is 2.50. The first-order valence-corrected chi connectivity index (χ1v) is 7.06. The molecular weight excluding hydrogens is 254 g/mol. The van der Waals surface area contributed by atoms with E-state index in [1.165, 1.54) is 27.9 Å². The van der Waals surface area contributed by atoms with Gasteiger partial charge in [-0.2, -0.15) is 0 Å². The quantitative estimate of drug-likeness (QED) is 0.731. The normalized spacial score (nSPS) is 10.5. The number of hydrogen-bond donors (Lipinski definition) is 0. The van der Waals surface area contributed by atoms with Crippen LogP contribution in [0.5, 0.6) is 0 Å². The van der Waals surface area contributed by atoms with Gasteiger partial charge in [-0.05, 0) is 48.2 Å². The van der Waals surface area contributed by atoms with Crippen LogP contribution in [0.4, 0.5) is 5.69 Å². The topological polar surface area (TPSA) is 3.24 Å². The molecule has 2 aromatic rings. The number of alkyl halides is 1. The summed E-state index contributed by atoms with van der Waals surface area (Å²) in [6, 6.07) is 15.0. The van der Waals surface area contributed by atoms with Crippen LogP contribution in [-0.4, -0.2) is 7.05 Å². The van der Waals surface area contributed by atoms with Crippen molar-refractivity contribution in [3.8, 4) is 0 Å². The monoisotopic (exact) mass is 273 g/mol. The average Bonchev–Trinajstić information content (AvgIpc) is 2.41. The van der Waals surface area contributed by atoms with E-state index in [2.05, 4.69) is 68.3 Å². The summed E-state index contributed by atoms with van der Waals surface area (Å²) in [7, 11) is 2.13. The molecule has 0 atom stereocenters. The van der Waals surface area contributed by atoms with Crippen LogP contribution in [-0.2, 0) is 12.4 Å². The second kappa shape index (κ2) is 6.12. The van der Waals surface area contributed by atoms with Gasteiger partial charge < -0.3 is 4.90 Å². The lowest BCUT2D eigenvalue weighted by atomic mass is 10.1. The zero-order chi connectivity index (χ0) is 13.8. The van der Waals surface area contributed by atoms with Crippen LogP contribution in [0.15, 0.2) is 42.5 Å². The molecule has 0 bridgehead atoms. The van der Waals surface area contributed by atoms with Crippen LogP contribution in [0, 0.1) is 13.8 Å². The number of nitrogens with zero attached hydrogens (tertiary/aromatic N) is 1. The minimum atomic E-state index is 0.577. The van der Waals surface area contributed by atoms with Gasteiger partial charge in [0.1, 0.15) is 0 Å². The third kappa shape index (κ3) is 3.30. The van der Waals surface area contributed by atoms with Gasteiger partial charge in [0, 0.05) is 25.2 Å². The third-order valence-electron chi connectivity index (χ3n) is 3.58. The minimum Gasteiger partial charge on any atom is -0.370 e. The number of benzene rings is 2. The van der Waals surface area contributed by atoms with Crippen molar-refractivity contribution in [3.05, 3.63) is 64.7 Å². The second-order valence-electron chi connectivity index (χ2n) is 5.03. The van der Waals surface area contributed by atoms with Crippen molar-refractivity contribution in [1.29, 1.82) is 0 Å². The molecule has 0 radical (unpaired) electrons. The number of halogens is 1. The second-order valence-corrected chi connectivity index (χ2v) is 5.29. The van der Waals surface area contributed by atoms with Crippen molar-refractivity contribution >= 4 is 17.3 Å². The van der Waals surface area contributed by atoms with Crippen molar-refractivity contribution in [2.75, 3.05) is 11.9 Å². The molecule has 2 rings (SSSR count). The minimum absolute atomic E-state index is 0.577. The van der Waals surface area contributed by atoms with Crippen molar-refractivity contribution in [1.82, 2.24) is 0 Å². The summed E-state index contributed by atoms with van der Waals surface area (Å²) < 4.78 is 0. The molecule has 0 aliphatic heterocycles. The first-order chi connectivity index (χ1) is 9.11. The van der Waals surface area contributed by atoms with Gasteiger partial charge in [0.15, 0.2) is 0 Å². The van der Waals surface area contributed by atoms with Gasteiger partial charge in [0.2, 0.25) is 0 Å². The van der Waals surface area contributed by atoms with E-state index in [1.807, 2.05) is 0 Å². The Morgan fingerprint density at radius 2 is 1.68 bits per heavy atom. The van der Waals surface area contributed by atoms with E-state index >= 15 is 0 Å². The molecular formula is C17H20ClN. The molecule has 1 nitrogen and oxygen atoms in total. The Hall–Kier alpha value is -1.47. The van der Waals surface area contributed by atoms with Gasteiger partial charge >= 0.3 is 0 Å². The molecule has 2 aromatic carbocycles. The smallest absolute Gasteiger partial charge is 0.0476 e. The Balaban J connectivity index is 2.18. The van der Waals surface area contributed by atoms with Crippen molar-refractivity contribution in [2.45, 2.75) is 26.3 Å². The zero-order valence-corrected chi connectivity index (χ0v) is 12.5. The Morgan fingerprint density at radius 3 is 2.32 bits per heavy atom. The fourth-order valence-electron chi connectivity index (χ4n) is 2.20. The van der Waals surface area contributed by atoms with Gasteiger partial charge in [0.25, 0.3) is 0 Å². The molecule has 0 amide bonds. The van der Waals surface area contributed by atoms with Crippen LogP contribution >= 0.6 is 11.6 Å². The van der Waals surface area contributed by atoms with Crippen molar-refractivity contribution in [3.63, 3.8) is 0 Å². The predicted octanol–water partition coefficient (Wildman–Crippen LogP) is 4.68. The molecule has 2 heteroatoms. The molecule has 0 heterocycles. The molecule has 0 fully saturated rings. The lowest BCUT2D eigenvalue weighted by Crippen LogP contribution is -2.17. The average molecular weight is 274 g/mol. The zero-order valence-electron chi connectivity index (χ0n) is 11.8. The maximum Gasteiger partial charge on any atom is 0.0476 e. The summed E-state index contributed by atoms with van der Waals surface area (Å²) in [5, 5.41) is 0. The lowest BCUT2D eigenvalue weighted by molar-refractivity contribution is 0.912. The van der Waals surface area contributed by atoms with Gasteiger partial charge in [-0.15, -0.1) is 11.6 Å². The number of aryl methyl sites for hydroxylation is 2. The maximum absolute atomic E-state index is 5.90. The highest BCUT2D eigenvalue weighted by atomic mass is 35.5. The molecule has 0 saturated carbocycles. The van der Waals surface area contributed by atoms with Crippen LogP contribution in [0.25, 0.3) is 0 Å². The molecule has 19 heavy (non-hydrogen) atoms. The Bertz CT molecular complexity index is 563. The highest BCUT2D eigenvalue weighted by Gasteiger charge is 2.06. The number of hydrogen-bond acceptors (Lipinski definition) is 1. The molecule has 0 aliphatic rings. The van der Waals surface area contributed by atoms with E-state index in [0.717, 1.165) is 6.54 Å². The Kier molecular flexibility index (Phi) is 4.49. The van der Waals surface area contributed by atoms with Gasteiger partial charge in [-0.1, -0.05) is 30.3 Å².